The van der Waals surface area contributed by atoms with Crippen molar-refractivity contribution in [2.75, 3.05) is 11.9 Å². The number of hydrogen-bond donors (Lipinski definition) is 2. The second-order valence-electron chi connectivity index (χ2n) is 4.67. The number of aliphatic carboxylic acids is 1. The lowest BCUT2D eigenvalue weighted by Gasteiger charge is -2.25. The SMILES string of the molecule is CCCOc1cc(/C=C/C(=O)O)cc2c1OC(C)C(=O)N2. The lowest BCUT2D eigenvalue weighted by Crippen LogP contribution is -2.34. The van der Waals surface area contributed by atoms with Crippen LogP contribution in [0.5, 0.6) is 11.5 Å². The van der Waals surface area contributed by atoms with Gasteiger partial charge in [-0.2, -0.15) is 0 Å². The van der Waals surface area contributed by atoms with E-state index in [4.69, 9.17) is 14.6 Å². The number of anilines is 1. The van der Waals surface area contributed by atoms with Crippen molar-refractivity contribution in [3.63, 3.8) is 0 Å². The van der Waals surface area contributed by atoms with Crippen molar-refractivity contribution < 1.29 is 24.2 Å². The van der Waals surface area contributed by atoms with Crippen LogP contribution >= 0.6 is 0 Å². The molecule has 0 spiro atoms. The van der Waals surface area contributed by atoms with Crippen LogP contribution in [0, 0.1) is 0 Å². The van der Waals surface area contributed by atoms with Gasteiger partial charge in [0.15, 0.2) is 17.6 Å². The molecule has 6 nitrogen and oxygen atoms in total. The molecule has 1 unspecified atom stereocenters. The quantitative estimate of drug-likeness (QED) is 0.813. The average Bonchev–Trinajstić information content (AvgIpc) is 2.44. The van der Waals surface area contributed by atoms with Crippen LogP contribution in [-0.4, -0.2) is 29.7 Å². The zero-order chi connectivity index (χ0) is 15.4. The fourth-order valence-corrected chi connectivity index (χ4v) is 1.89. The third-order valence-electron chi connectivity index (χ3n) is 2.88. The predicted molar refractivity (Wildman–Crippen MR) is 77.6 cm³/mol. The van der Waals surface area contributed by atoms with E-state index in [1.165, 1.54) is 6.08 Å². The molecule has 21 heavy (non-hydrogen) atoms. The molecule has 112 valence electrons. The maximum atomic E-state index is 11.7. The van der Waals surface area contributed by atoms with E-state index >= 15 is 0 Å². The molecular formula is C15H17NO5. The molecule has 1 aliphatic rings. The number of carbonyl (C=O) groups excluding carboxylic acids is 1. The van der Waals surface area contributed by atoms with Gasteiger partial charge in [0, 0.05) is 6.08 Å². The smallest absolute Gasteiger partial charge is 0.328 e. The number of carboxylic acid groups (broad SMARTS) is 1. The molecule has 0 saturated carbocycles. The Morgan fingerprint density at radius 1 is 1.52 bits per heavy atom. The third kappa shape index (κ3) is 3.53. The minimum absolute atomic E-state index is 0.247. The Kier molecular flexibility index (Phi) is 4.47. The highest BCUT2D eigenvalue weighted by Crippen LogP contribution is 2.40. The molecule has 1 heterocycles. The molecule has 0 aromatic heterocycles. The first kappa shape index (κ1) is 14.9. The van der Waals surface area contributed by atoms with Gasteiger partial charge in [0.05, 0.1) is 12.3 Å². The maximum absolute atomic E-state index is 11.7. The van der Waals surface area contributed by atoms with E-state index < -0.39 is 12.1 Å². The molecule has 1 aromatic carbocycles. The molecule has 2 N–H and O–H groups in total. The van der Waals surface area contributed by atoms with Crippen molar-refractivity contribution in [3.05, 3.63) is 23.8 Å². The van der Waals surface area contributed by atoms with E-state index in [1.54, 1.807) is 19.1 Å². The third-order valence-corrected chi connectivity index (χ3v) is 2.88. The molecule has 0 saturated heterocycles. The van der Waals surface area contributed by atoms with Gasteiger partial charge in [-0.15, -0.1) is 0 Å². The number of amides is 1. The minimum Gasteiger partial charge on any atom is -0.490 e. The van der Waals surface area contributed by atoms with Gasteiger partial charge in [-0.1, -0.05) is 6.92 Å². The number of carbonyl (C=O) groups is 2. The van der Waals surface area contributed by atoms with E-state index in [0.29, 0.717) is 29.4 Å². The summed E-state index contributed by atoms with van der Waals surface area (Å²) in [5.41, 5.74) is 1.09. The molecule has 1 atom stereocenters. The molecular weight excluding hydrogens is 274 g/mol. The van der Waals surface area contributed by atoms with Crippen LogP contribution in [0.2, 0.25) is 0 Å². The summed E-state index contributed by atoms with van der Waals surface area (Å²) in [6.45, 7) is 4.14. The molecule has 0 bridgehead atoms. The monoisotopic (exact) mass is 291 g/mol. The van der Waals surface area contributed by atoms with Crippen LogP contribution in [0.15, 0.2) is 18.2 Å². The summed E-state index contributed by atoms with van der Waals surface area (Å²) in [5, 5.41) is 11.4. The zero-order valence-electron chi connectivity index (χ0n) is 11.9. The molecule has 2 rings (SSSR count). The number of hydrogen-bond acceptors (Lipinski definition) is 4. The van der Waals surface area contributed by atoms with Crippen molar-refractivity contribution in [1.82, 2.24) is 0 Å². The number of carboxylic acids is 1. The van der Waals surface area contributed by atoms with Gasteiger partial charge in [0.25, 0.3) is 5.91 Å². The highest BCUT2D eigenvalue weighted by molar-refractivity contribution is 5.98. The van der Waals surface area contributed by atoms with E-state index in [2.05, 4.69) is 5.32 Å². The van der Waals surface area contributed by atoms with Crippen LogP contribution in [-0.2, 0) is 9.59 Å². The molecule has 0 fully saturated rings. The standard InChI is InChI=1S/C15H17NO5/c1-3-6-20-12-8-10(4-5-13(17)18)7-11-14(12)21-9(2)15(19)16-11/h4-5,7-9H,3,6H2,1-2H3,(H,16,19)(H,17,18)/b5-4+. The minimum atomic E-state index is -1.04. The van der Waals surface area contributed by atoms with E-state index in [-0.39, 0.29) is 5.91 Å². The lowest BCUT2D eigenvalue weighted by molar-refractivity contribution is -0.131. The normalized spacial score (nSPS) is 17.0. The summed E-state index contributed by atoms with van der Waals surface area (Å²) < 4.78 is 11.2. The predicted octanol–water partition coefficient (Wildman–Crippen LogP) is 2.29. The van der Waals surface area contributed by atoms with Crippen LogP contribution in [0.1, 0.15) is 25.8 Å². The van der Waals surface area contributed by atoms with Crippen LogP contribution in [0.4, 0.5) is 5.69 Å². The summed E-state index contributed by atoms with van der Waals surface area (Å²) in [4.78, 5) is 22.3. The largest absolute Gasteiger partial charge is 0.490 e. The number of ether oxygens (including phenoxy) is 2. The Bertz CT molecular complexity index is 594. The van der Waals surface area contributed by atoms with Gasteiger partial charge < -0.3 is 19.9 Å². The number of rotatable bonds is 5. The molecule has 1 aromatic rings. The first-order valence-electron chi connectivity index (χ1n) is 6.70. The first-order chi connectivity index (χ1) is 10.0. The van der Waals surface area contributed by atoms with Gasteiger partial charge in [0.1, 0.15) is 0 Å². The number of fused-ring (bicyclic) bond motifs is 1. The second kappa shape index (κ2) is 6.30. The Morgan fingerprint density at radius 2 is 2.29 bits per heavy atom. The second-order valence-corrected chi connectivity index (χ2v) is 4.67. The van der Waals surface area contributed by atoms with Crippen molar-refractivity contribution in [3.8, 4) is 11.5 Å². The van der Waals surface area contributed by atoms with Crippen LogP contribution < -0.4 is 14.8 Å². The van der Waals surface area contributed by atoms with E-state index in [9.17, 15) is 9.59 Å². The van der Waals surface area contributed by atoms with Crippen molar-refractivity contribution in [2.24, 2.45) is 0 Å². The highest BCUT2D eigenvalue weighted by atomic mass is 16.5. The summed E-state index contributed by atoms with van der Waals surface area (Å²) in [6, 6.07) is 3.34. The van der Waals surface area contributed by atoms with Crippen molar-refractivity contribution >= 4 is 23.6 Å². The van der Waals surface area contributed by atoms with Crippen molar-refractivity contribution in [1.29, 1.82) is 0 Å². The molecule has 6 heteroatoms. The van der Waals surface area contributed by atoms with Crippen molar-refractivity contribution in [2.45, 2.75) is 26.4 Å². The Morgan fingerprint density at radius 3 is 2.95 bits per heavy atom. The number of nitrogens with one attached hydrogen (secondary N) is 1. The first-order valence-corrected chi connectivity index (χ1v) is 6.70. The Hall–Kier alpha value is -2.50. The molecule has 0 radical (unpaired) electrons. The zero-order valence-corrected chi connectivity index (χ0v) is 11.9. The van der Waals surface area contributed by atoms with E-state index in [0.717, 1.165) is 12.5 Å². The maximum Gasteiger partial charge on any atom is 0.328 e. The summed E-state index contributed by atoms with van der Waals surface area (Å²) in [7, 11) is 0. The average molecular weight is 291 g/mol. The Labute approximate surface area is 122 Å². The fourth-order valence-electron chi connectivity index (χ4n) is 1.89. The highest BCUT2D eigenvalue weighted by Gasteiger charge is 2.27. The van der Waals surface area contributed by atoms with Gasteiger partial charge >= 0.3 is 5.97 Å². The summed E-state index contributed by atoms with van der Waals surface area (Å²) in [6.07, 6.45) is 2.69. The van der Waals surface area contributed by atoms with Gasteiger partial charge in [0.2, 0.25) is 0 Å². The van der Waals surface area contributed by atoms with Crippen LogP contribution in [0.25, 0.3) is 6.08 Å². The fraction of sp³-hybridized carbons (Fsp3) is 0.333. The summed E-state index contributed by atoms with van der Waals surface area (Å²) >= 11 is 0. The van der Waals surface area contributed by atoms with Gasteiger partial charge in [-0.3, -0.25) is 4.79 Å². The molecule has 1 aliphatic heterocycles. The van der Waals surface area contributed by atoms with E-state index in [1.807, 2.05) is 6.92 Å². The van der Waals surface area contributed by atoms with Crippen LogP contribution in [0.3, 0.4) is 0 Å². The topological polar surface area (TPSA) is 84.9 Å². The summed E-state index contributed by atoms with van der Waals surface area (Å²) in [5.74, 6) is -0.324. The van der Waals surface area contributed by atoms with Gasteiger partial charge in [-0.25, -0.2) is 4.79 Å². The van der Waals surface area contributed by atoms with Gasteiger partial charge in [-0.05, 0) is 37.1 Å². The lowest BCUT2D eigenvalue weighted by atomic mass is 10.1. The molecule has 0 aliphatic carbocycles. The molecule has 1 amide bonds. The number of benzene rings is 1. The Balaban J connectivity index is 2.41.